The Morgan fingerprint density at radius 1 is 1.07 bits per heavy atom. The van der Waals surface area contributed by atoms with E-state index in [-0.39, 0.29) is 24.0 Å². The lowest BCUT2D eigenvalue weighted by atomic mass is 10.0. The molecule has 0 spiro atoms. The quantitative estimate of drug-likeness (QED) is 0.687. The molecule has 0 unspecified atom stereocenters. The van der Waals surface area contributed by atoms with Crippen molar-refractivity contribution in [3.63, 3.8) is 0 Å². The molecule has 1 aliphatic heterocycles. The summed E-state index contributed by atoms with van der Waals surface area (Å²) >= 11 is 0. The number of hydrogen-bond donors (Lipinski definition) is 0. The van der Waals surface area contributed by atoms with Gasteiger partial charge in [0.15, 0.2) is 0 Å². The van der Waals surface area contributed by atoms with Crippen LogP contribution in [0.3, 0.4) is 0 Å². The summed E-state index contributed by atoms with van der Waals surface area (Å²) in [4.78, 5) is 14.0. The van der Waals surface area contributed by atoms with Gasteiger partial charge in [-0.3, -0.25) is 4.18 Å². The topological polar surface area (TPSA) is 72.9 Å². The van der Waals surface area contributed by atoms with Gasteiger partial charge in [-0.15, -0.1) is 0 Å². The Hall–Kier alpha value is -2.38. The molecule has 0 radical (unpaired) electrons. The molecule has 2 aromatic carbocycles. The summed E-state index contributed by atoms with van der Waals surface area (Å²) < 4.78 is 36.0. The third-order valence-electron chi connectivity index (χ3n) is 4.93. The number of hydrogen-bond acceptors (Lipinski definition) is 5. The number of amides is 1. The molecule has 6 nitrogen and oxygen atoms in total. The monoisotopic (exact) mass is 403 g/mol. The second-order valence-corrected chi connectivity index (χ2v) is 8.59. The van der Waals surface area contributed by atoms with Crippen molar-refractivity contribution in [1.82, 2.24) is 4.90 Å². The van der Waals surface area contributed by atoms with Gasteiger partial charge in [-0.05, 0) is 31.0 Å². The van der Waals surface area contributed by atoms with E-state index in [0.29, 0.717) is 13.0 Å². The van der Waals surface area contributed by atoms with Crippen LogP contribution in [0.25, 0.3) is 0 Å². The normalized spacial score (nSPS) is 19.6. The van der Waals surface area contributed by atoms with Crippen LogP contribution in [0, 0.1) is 12.8 Å². The Kier molecular flexibility index (Phi) is 6.36. The third kappa shape index (κ3) is 4.91. The molecule has 1 heterocycles. The van der Waals surface area contributed by atoms with Crippen molar-refractivity contribution >= 4 is 16.2 Å². The van der Waals surface area contributed by atoms with Crippen molar-refractivity contribution in [2.45, 2.75) is 37.9 Å². The standard InChI is InChI=1S/C21H25NO5S/c1-3-18-13-22(21(23)26-15-17-7-5-4-6-8-17)14-20(18)27-28(24,25)19-11-9-16(2)10-12-19/h4-12,18,20H,3,13-15H2,1-2H3/t18-,20-/m0/s1. The van der Waals surface area contributed by atoms with Gasteiger partial charge in [0, 0.05) is 12.5 Å². The number of ether oxygens (including phenoxy) is 1. The summed E-state index contributed by atoms with van der Waals surface area (Å²) in [5, 5.41) is 0. The number of carbonyl (C=O) groups is 1. The highest BCUT2D eigenvalue weighted by Crippen LogP contribution is 2.27. The smallest absolute Gasteiger partial charge is 0.410 e. The molecule has 0 N–H and O–H groups in total. The van der Waals surface area contributed by atoms with Gasteiger partial charge in [0.05, 0.1) is 17.5 Å². The van der Waals surface area contributed by atoms with Crippen LogP contribution in [0.5, 0.6) is 0 Å². The van der Waals surface area contributed by atoms with Crippen LogP contribution in [0.2, 0.25) is 0 Å². The molecular weight excluding hydrogens is 378 g/mol. The molecule has 2 atom stereocenters. The van der Waals surface area contributed by atoms with E-state index in [0.717, 1.165) is 11.1 Å². The average Bonchev–Trinajstić information content (AvgIpc) is 3.09. The molecule has 150 valence electrons. The van der Waals surface area contributed by atoms with Crippen LogP contribution in [-0.2, 0) is 25.6 Å². The molecule has 3 rings (SSSR count). The number of likely N-dealkylation sites (tertiary alicyclic amines) is 1. The first kappa shape index (κ1) is 20.4. The van der Waals surface area contributed by atoms with Crippen molar-refractivity contribution in [3.8, 4) is 0 Å². The lowest BCUT2D eigenvalue weighted by Gasteiger charge is -2.17. The first-order valence-corrected chi connectivity index (χ1v) is 10.8. The fraction of sp³-hybridized carbons (Fsp3) is 0.381. The van der Waals surface area contributed by atoms with E-state index in [1.54, 1.807) is 12.1 Å². The van der Waals surface area contributed by atoms with Gasteiger partial charge in [-0.1, -0.05) is 55.0 Å². The molecule has 1 amide bonds. The summed E-state index contributed by atoms with van der Waals surface area (Å²) in [5.74, 6) is -0.0653. The molecule has 28 heavy (non-hydrogen) atoms. The van der Waals surface area contributed by atoms with E-state index in [1.807, 2.05) is 44.2 Å². The van der Waals surface area contributed by atoms with Crippen molar-refractivity contribution in [2.24, 2.45) is 5.92 Å². The SMILES string of the molecule is CC[C@H]1CN(C(=O)OCc2ccccc2)C[C@@H]1OS(=O)(=O)c1ccc(C)cc1. The fourth-order valence-electron chi connectivity index (χ4n) is 3.23. The highest BCUT2D eigenvalue weighted by molar-refractivity contribution is 7.86. The van der Waals surface area contributed by atoms with Gasteiger partial charge in [0.25, 0.3) is 10.1 Å². The van der Waals surface area contributed by atoms with Crippen molar-refractivity contribution in [1.29, 1.82) is 0 Å². The molecule has 0 bridgehead atoms. The summed E-state index contributed by atoms with van der Waals surface area (Å²) in [6, 6.07) is 16.0. The molecular formula is C21H25NO5S. The van der Waals surface area contributed by atoms with Gasteiger partial charge < -0.3 is 9.64 Å². The first-order valence-electron chi connectivity index (χ1n) is 9.34. The Morgan fingerprint density at radius 3 is 2.39 bits per heavy atom. The second-order valence-electron chi connectivity index (χ2n) is 7.02. The van der Waals surface area contributed by atoms with E-state index >= 15 is 0 Å². The fourth-order valence-corrected chi connectivity index (χ4v) is 4.35. The molecule has 0 aromatic heterocycles. The van der Waals surface area contributed by atoms with E-state index in [2.05, 4.69) is 0 Å². The minimum absolute atomic E-state index is 0.0653. The first-order chi connectivity index (χ1) is 13.4. The predicted molar refractivity (Wildman–Crippen MR) is 105 cm³/mol. The molecule has 7 heteroatoms. The summed E-state index contributed by atoms with van der Waals surface area (Å²) in [6.07, 6.45) is -0.335. The molecule has 0 aliphatic carbocycles. The van der Waals surface area contributed by atoms with Crippen LogP contribution in [0.1, 0.15) is 24.5 Å². The van der Waals surface area contributed by atoms with Gasteiger partial charge in [-0.25, -0.2) is 4.79 Å². The van der Waals surface area contributed by atoms with Gasteiger partial charge in [-0.2, -0.15) is 8.42 Å². The number of rotatable bonds is 6. The van der Waals surface area contributed by atoms with Gasteiger partial charge in [0.1, 0.15) is 6.61 Å². The zero-order valence-electron chi connectivity index (χ0n) is 16.1. The average molecular weight is 404 g/mol. The zero-order chi connectivity index (χ0) is 20.1. The van der Waals surface area contributed by atoms with Crippen LogP contribution >= 0.6 is 0 Å². The minimum atomic E-state index is -3.89. The molecule has 1 aliphatic rings. The summed E-state index contributed by atoms with van der Waals surface area (Å²) in [5.41, 5.74) is 1.87. The molecule has 2 aromatic rings. The Labute approximate surface area is 166 Å². The number of nitrogens with zero attached hydrogens (tertiary/aromatic N) is 1. The molecule has 0 saturated carbocycles. The lowest BCUT2D eigenvalue weighted by molar-refractivity contribution is 0.0994. The minimum Gasteiger partial charge on any atom is -0.445 e. The van der Waals surface area contributed by atoms with Crippen LogP contribution < -0.4 is 0 Å². The van der Waals surface area contributed by atoms with E-state index in [1.165, 1.54) is 17.0 Å². The largest absolute Gasteiger partial charge is 0.445 e. The Morgan fingerprint density at radius 2 is 1.75 bits per heavy atom. The Balaban J connectivity index is 1.62. The molecule has 1 saturated heterocycles. The van der Waals surface area contributed by atoms with Crippen molar-refractivity contribution in [2.75, 3.05) is 13.1 Å². The third-order valence-corrected chi connectivity index (χ3v) is 6.28. The molecule has 1 fully saturated rings. The van der Waals surface area contributed by atoms with E-state index in [4.69, 9.17) is 8.92 Å². The highest BCUT2D eigenvalue weighted by atomic mass is 32.2. The number of carbonyl (C=O) groups excluding carboxylic acids is 1. The maximum Gasteiger partial charge on any atom is 0.410 e. The van der Waals surface area contributed by atoms with Crippen molar-refractivity contribution < 1.29 is 22.1 Å². The zero-order valence-corrected chi connectivity index (χ0v) is 16.9. The maximum absolute atomic E-state index is 12.6. The predicted octanol–water partition coefficient (Wildman–Crippen LogP) is 3.75. The maximum atomic E-state index is 12.6. The Bertz CT molecular complexity index is 896. The second kappa shape index (κ2) is 8.75. The highest BCUT2D eigenvalue weighted by Gasteiger charge is 2.38. The van der Waals surface area contributed by atoms with E-state index in [9.17, 15) is 13.2 Å². The van der Waals surface area contributed by atoms with Crippen molar-refractivity contribution in [3.05, 3.63) is 65.7 Å². The summed E-state index contributed by atoms with van der Waals surface area (Å²) in [7, 11) is -3.89. The van der Waals surface area contributed by atoms with Gasteiger partial charge in [0.2, 0.25) is 0 Å². The van der Waals surface area contributed by atoms with Crippen LogP contribution in [-0.4, -0.2) is 38.6 Å². The number of aryl methyl sites for hydroxylation is 1. The van der Waals surface area contributed by atoms with E-state index < -0.39 is 22.3 Å². The lowest BCUT2D eigenvalue weighted by Crippen LogP contribution is -2.31. The van der Waals surface area contributed by atoms with Gasteiger partial charge >= 0.3 is 6.09 Å². The summed E-state index contributed by atoms with van der Waals surface area (Å²) in [6.45, 7) is 4.63. The van der Waals surface area contributed by atoms with Crippen LogP contribution in [0.4, 0.5) is 4.79 Å². The van der Waals surface area contributed by atoms with Crippen LogP contribution in [0.15, 0.2) is 59.5 Å². The number of benzene rings is 2.